The van der Waals surface area contributed by atoms with Crippen molar-refractivity contribution in [1.29, 1.82) is 0 Å². The van der Waals surface area contributed by atoms with Crippen molar-refractivity contribution in [2.45, 2.75) is 6.42 Å². The van der Waals surface area contributed by atoms with E-state index >= 15 is 0 Å². The molecule has 0 atom stereocenters. The SMILES string of the molecule is NCCc1cc(F)cc(Oc2ccc(Br)cc2Br)c1. The van der Waals surface area contributed by atoms with E-state index in [1.165, 1.54) is 12.1 Å². The van der Waals surface area contributed by atoms with Crippen molar-refractivity contribution in [3.05, 3.63) is 56.7 Å². The molecule has 0 spiro atoms. The summed E-state index contributed by atoms with van der Waals surface area (Å²) in [4.78, 5) is 0. The molecule has 0 radical (unpaired) electrons. The maximum Gasteiger partial charge on any atom is 0.141 e. The van der Waals surface area contributed by atoms with Crippen molar-refractivity contribution in [2.75, 3.05) is 6.54 Å². The lowest BCUT2D eigenvalue weighted by atomic mass is 10.1. The smallest absolute Gasteiger partial charge is 0.141 e. The van der Waals surface area contributed by atoms with Crippen molar-refractivity contribution in [3.63, 3.8) is 0 Å². The van der Waals surface area contributed by atoms with Gasteiger partial charge in [0.15, 0.2) is 0 Å². The third-order valence-electron chi connectivity index (χ3n) is 2.49. The van der Waals surface area contributed by atoms with Crippen molar-refractivity contribution >= 4 is 31.9 Å². The van der Waals surface area contributed by atoms with Gasteiger partial charge in [0.1, 0.15) is 17.3 Å². The van der Waals surface area contributed by atoms with Gasteiger partial charge in [0, 0.05) is 10.5 Å². The van der Waals surface area contributed by atoms with Crippen molar-refractivity contribution in [1.82, 2.24) is 0 Å². The number of ether oxygens (including phenoxy) is 1. The molecule has 0 heterocycles. The minimum atomic E-state index is -0.325. The molecule has 0 amide bonds. The van der Waals surface area contributed by atoms with E-state index in [-0.39, 0.29) is 5.82 Å². The van der Waals surface area contributed by atoms with E-state index in [2.05, 4.69) is 31.9 Å². The molecule has 0 aliphatic heterocycles. The molecule has 0 aliphatic carbocycles. The Hall–Kier alpha value is -0.910. The lowest BCUT2D eigenvalue weighted by Crippen LogP contribution is -2.03. The summed E-state index contributed by atoms with van der Waals surface area (Å²) in [5, 5.41) is 0. The van der Waals surface area contributed by atoms with Gasteiger partial charge in [-0.15, -0.1) is 0 Å². The molecule has 0 saturated carbocycles. The maximum absolute atomic E-state index is 13.5. The zero-order valence-corrected chi connectivity index (χ0v) is 13.2. The van der Waals surface area contributed by atoms with Crippen LogP contribution in [0.1, 0.15) is 5.56 Å². The van der Waals surface area contributed by atoms with Gasteiger partial charge in [-0.2, -0.15) is 0 Å². The number of rotatable bonds is 4. The molecule has 100 valence electrons. The summed E-state index contributed by atoms with van der Waals surface area (Å²) in [6, 6.07) is 10.2. The fraction of sp³-hybridized carbons (Fsp3) is 0.143. The lowest BCUT2D eigenvalue weighted by molar-refractivity contribution is 0.473. The standard InChI is InChI=1S/C14H12Br2FNO/c15-10-1-2-14(13(16)7-10)19-12-6-9(3-4-18)5-11(17)8-12/h1-2,5-8H,3-4,18H2. The first-order valence-corrected chi connectivity index (χ1v) is 7.29. The second-order valence-electron chi connectivity index (χ2n) is 4.01. The Morgan fingerprint density at radius 3 is 2.58 bits per heavy atom. The van der Waals surface area contributed by atoms with Crippen LogP contribution in [-0.4, -0.2) is 6.54 Å². The molecular formula is C14H12Br2FNO. The Balaban J connectivity index is 2.27. The normalized spacial score (nSPS) is 10.5. The van der Waals surface area contributed by atoms with Crippen molar-refractivity contribution in [2.24, 2.45) is 5.73 Å². The van der Waals surface area contributed by atoms with Crippen LogP contribution in [0.3, 0.4) is 0 Å². The molecular weight excluding hydrogens is 377 g/mol. The topological polar surface area (TPSA) is 35.2 Å². The van der Waals surface area contributed by atoms with Crippen LogP contribution in [0.2, 0.25) is 0 Å². The van der Waals surface area contributed by atoms with E-state index < -0.39 is 0 Å². The minimum absolute atomic E-state index is 0.325. The van der Waals surface area contributed by atoms with Crippen LogP contribution in [0.4, 0.5) is 4.39 Å². The lowest BCUT2D eigenvalue weighted by Gasteiger charge is -2.10. The number of halogens is 3. The Bertz CT molecular complexity index is 590. The zero-order valence-electron chi connectivity index (χ0n) is 10.00. The van der Waals surface area contributed by atoms with E-state index in [4.69, 9.17) is 10.5 Å². The minimum Gasteiger partial charge on any atom is -0.456 e. The molecule has 0 fully saturated rings. The molecule has 0 aliphatic rings. The van der Waals surface area contributed by atoms with E-state index in [1.54, 1.807) is 6.07 Å². The monoisotopic (exact) mass is 387 g/mol. The molecule has 2 N–H and O–H groups in total. The largest absolute Gasteiger partial charge is 0.456 e. The van der Waals surface area contributed by atoms with Crippen LogP contribution < -0.4 is 10.5 Å². The fourth-order valence-corrected chi connectivity index (χ4v) is 2.80. The quantitative estimate of drug-likeness (QED) is 0.827. The van der Waals surface area contributed by atoms with Gasteiger partial charge in [-0.25, -0.2) is 4.39 Å². The summed E-state index contributed by atoms with van der Waals surface area (Å²) in [7, 11) is 0. The van der Waals surface area contributed by atoms with Gasteiger partial charge < -0.3 is 10.5 Å². The summed E-state index contributed by atoms with van der Waals surface area (Å²) < 4.78 is 20.9. The molecule has 2 aromatic carbocycles. The van der Waals surface area contributed by atoms with Gasteiger partial charge in [-0.1, -0.05) is 15.9 Å². The Morgan fingerprint density at radius 1 is 1.11 bits per heavy atom. The highest BCUT2D eigenvalue weighted by molar-refractivity contribution is 9.11. The van der Waals surface area contributed by atoms with Gasteiger partial charge in [0.25, 0.3) is 0 Å². The predicted molar refractivity (Wildman–Crippen MR) is 81.1 cm³/mol. The Labute approximate surface area is 128 Å². The summed E-state index contributed by atoms with van der Waals surface area (Å²) in [6.45, 7) is 0.477. The van der Waals surface area contributed by atoms with Crippen LogP contribution in [0.5, 0.6) is 11.5 Å². The van der Waals surface area contributed by atoms with Crippen LogP contribution in [-0.2, 0) is 6.42 Å². The molecule has 2 nitrogen and oxygen atoms in total. The van der Waals surface area contributed by atoms with Gasteiger partial charge in [0.05, 0.1) is 4.47 Å². The van der Waals surface area contributed by atoms with E-state index in [0.29, 0.717) is 24.5 Å². The third-order valence-corrected chi connectivity index (χ3v) is 3.60. The molecule has 0 saturated heterocycles. The number of nitrogens with two attached hydrogens (primary N) is 1. The fourth-order valence-electron chi connectivity index (χ4n) is 1.68. The van der Waals surface area contributed by atoms with E-state index in [9.17, 15) is 4.39 Å². The number of hydrogen-bond acceptors (Lipinski definition) is 2. The van der Waals surface area contributed by atoms with E-state index in [0.717, 1.165) is 14.5 Å². The summed E-state index contributed by atoms with van der Waals surface area (Å²) in [5.74, 6) is 0.771. The number of benzene rings is 2. The highest BCUT2D eigenvalue weighted by Gasteiger charge is 2.06. The van der Waals surface area contributed by atoms with Crippen LogP contribution in [0, 0.1) is 5.82 Å². The van der Waals surface area contributed by atoms with Crippen LogP contribution >= 0.6 is 31.9 Å². The van der Waals surface area contributed by atoms with Crippen LogP contribution in [0.25, 0.3) is 0 Å². The Morgan fingerprint density at radius 2 is 1.89 bits per heavy atom. The molecule has 19 heavy (non-hydrogen) atoms. The predicted octanol–water partition coefficient (Wildman–Crippen LogP) is 4.64. The highest BCUT2D eigenvalue weighted by Crippen LogP contribution is 2.32. The van der Waals surface area contributed by atoms with Crippen molar-refractivity contribution < 1.29 is 9.13 Å². The van der Waals surface area contributed by atoms with Gasteiger partial charge >= 0.3 is 0 Å². The first-order chi connectivity index (χ1) is 9.08. The molecule has 5 heteroatoms. The summed E-state index contributed by atoms with van der Waals surface area (Å²) >= 11 is 6.77. The zero-order chi connectivity index (χ0) is 13.8. The second-order valence-corrected chi connectivity index (χ2v) is 5.78. The van der Waals surface area contributed by atoms with Gasteiger partial charge in [-0.3, -0.25) is 0 Å². The molecule has 0 bridgehead atoms. The Kier molecular flexibility index (Phi) is 4.96. The van der Waals surface area contributed by atoms with E-state index in [1.807, 2.05) is 18.2 Å². The van der Waals surface area contributed by atoms with Gasteiger partial charge in [0.2, 0.25) is 0 Å². The molecule has 2 aromatic rings. The first-order valence-electron chi connectivity index (χ1n) is 5.71. The molecule has 0 unspecified atom stereocenters. The first kappa shape index (κ1) is 14.5. The number of hydrogen-bond donors (Lipinski definition) is 1. The van der Waals surface area contributed by atoms with Crippen molar-refractivity contribution in [3.8, 4) is 11.5 Å². The molecule has 2 rings (SSSR count). The summed E-state index contributed by atoms with van der Waals surface area (Å²) in [6.07, 6.45) is 0.621. The van der Waals surface area contributed by atoms with Gasteiger partial charge in [-0.05, 0) is 64.8 Å². The van der Waals surface area contributed by atoms with Crippen LogP contribution in [0.15, 0.2) is 45.3 Å². The highest BCUT2D eigenvalue weighted by atomic mass is 79.9. The molecule has 0 aromatic heterocycles. The second kappa shape index (κ2) is 6.50. The average molecular weight is 389 g/mol. The maximum atomic E-state index is 13.5. The third kappa shape index (κ3) is 4.03. The summed E-state index contributed by atoms with van der Waals surface area (Å²) in [5.41, 5.74) is 6.30. The average Bonchev–Trinajstić information content (AvgIpc) is 2.32.